The minimum Gasteiger partial charge on any atom is -0.394 e. The molecule has 0 aliphatic heterocycles. The number of anilines is 1. The van der Waals surface area contributed by atoms with Gasteiger partial charge in [0.1, 0.15) is 0 Å². The monoisotopic (exact) mass is 318 g/mol. The average molecular weight is 319 g/mol. The van der Waals surface area contributed by atoms with E-state index in [9.17, 15) is 9.90 Å². The van der Waals surface area contributed by atoms with Gasteiger partial charge in [-0.1, -0.05) is 48.0 Å². The van der Waals surface area contributed by atoms with Crippen molar-refractivity contribution in [2.24, 2.45) is 0 Å². The summed E-state index contributed by atoms with van der Waals surface area (Å²) in [6.45, 7) is 1.76. The Morgan fingerprint density at radius 3 is 2.64 bits per heavy atom. The summed E-state index contributed by atoms with van der Waals surface area (Å²) in [4.78, 5) is 12.1. The highest BCUT2D eigenvalue weighted by Crippen LogP contribution is 2.20. The molecule has 2 rings (SSSR count). The van der Waals surface area contributed by atoms with E-state index in [0.717, 1.165) is 11.1 Å². The first kappa shape index (κ1) is 16.3. The Kier molecular flexibility index (Phi) is 5.81. The zero-order valence-corrected chi connectivity index (χ0v) is 13.1. The van der Waals surface area contributed by atoms with Gasteiger partial charge in [-0.25, -0.2) is 4.79 Å². The van der Waals surface area contributed by atoms with E-state index >= 15 is 0 Å². The zero-order chi connectivity index (χ0) is 15.9. The Morgan fingerprint density at radius 1 is 1.23 bits per heavy atom. The van der Waals surface area contributed by atoms with E-state index < -0.39 is 0 Å². The van der Waals surface area contributed by atoms with Gasteiger partial charge < -0.3 is 15.7 Å². The summed E-state index contributed by atoms with van der Waals surface area (Å²) in [5.41, 5.74) is 2.63. The van der Waals surface area contributed by atoms with Crippen LogP contribution in [0.4, 0.5) is 10.5 Å². The van der Waals surface area contributed by atoms with Crippen LogP contribution in [0.3, 0.4) is 0 Å². The second-order valence-corrected chi connectivity index (χ2v) is 5.56. The number of aliphatic hydroxyl groups is 1. The number of amides is 2. The quantitative estimate of drug-likeness (QED) is 0.791. The fraction of sp³-hybridized carbons (Fsp3) is 0.235. The number of halogens is 1. The predicted molar refractivity (Wildman–Crippen MR) is 89.4 cm³/mol. The van der Waals surface area contributed by atoms with Crippen LogP contribution in [0.25, 0.3) is 0 Å². The molecule has 0 radical (unpaired) electrons. The molecular weight excluding hydrogens is 300 g/mol. The molecule has 0 bridgehead atoms. The summed E-state index contributed by atoms with van der Waals surface area (Å²) >= 11 is 5.93. The summed E-state index contributed by atoms with van der Waals surface area (Å²) in [6, 6.07) is 14.3. The summed E-state index contributed by atoms with van der Waals surface area (Å²) in [5, 5.41) is 15.5. The molecule has 0 aromatic heterocycles. The topological polar surface area (TPSA) is 61.4 Å². The van der Waals surface area contributed by atoms with Crippen LogP contribution in [0, 0.1) is 6.92 Å². The van der Waals surface area contributed by atoms with Gasteiger partial charge in [-0.3, -0.25) is 0 Å². The molecule has 2 amide bonds. The van der Waals surface area contributed by atoms with Gasteiger partial charge in [0.05, 0.1) is 12.6 Å². The van der Waals surface area contributed by atoms with Crippen molar-refractivity contribution in [1.29, 1.82) is 0 Å². The molecule has 0 heterocycles. The van der Waals surface area contributed by atoms with Gasteiger partial charge >= 0.3 is 6.03 Å². The van der Waals surface area contributed by atoms with E-state index in [-0.39, 0.29) is 18.7 Å². The maximum Gasteiger partial charge on any atom is 0.319 e. The third-order valence-electron chi connectivity index (χ3n) is 3.33. The van der Waals surface area contributed by atoms with Crippen LogP contribution in [0.5, 0.6) is 0 Å². The normalized spacial score (nSPS) is 11.8. The van der Waals surface area contributed by atoms with Crippen molar-refractivity contribution in [3.63, 3.8) is 0 Å². The van der Waals surface area contributed by atoms with Crippen molar-refractivity contribution in [3.8, 4) is 0 Å². The number of nitrogens with one attached hydrogen (secondary N) is 2. The Balaban J connectivity index is 1.96. The lowest BCUT2D eigenvalue weighted by molar-refractivity contribution is 0.224. The number of carbonyl (C=O) groups is 1. The number of carbonyl (C=O) groups excluding carboxylic acids is 1. The summed E-state index contributed by atoms with van der Waals surface area (Å²) < 4.78 is 0. The smallest absolute Gasteiger partial charge is 0.319 e. The molecule has 3 N–H and O–H groups in total. The predicted octanol–water partition coefficient (Wildman–Crippen LogP) is 3.37. The Morgan fingerprint density at radius 2 is 1.95 bits per heavy atom. The highest BCUT2D eigenvalue weighted by atomic mass is 35.5. The largest absolute Gasteiger partial charge is 0.394 e. The summed E-state index contributed by atoms with van der Waals surface area (Å²) in [6.07, 6.45) is 0.569. The van der Waals surface area contributed by atoms with E-state index in [4.69, 9.17) is 11.6 Å². The lowest BCUT2D eigenvalue weighted by Gasteiger charge is -2.17. The van der Waals surface area contributed by atoms with Gasteiger partial charge in [-0.05, 0) is 36.6 Å². The van der Waals surface area contributed by atoms with E-state index in [1.807, 2.05) is 43.3 Å². The first-order valence-corrected chi connectivity index (χ1v) is 7.44. The van der Waals surface area contributed by atoms with Gasteiger partial charge in [-0.2, -0.15) is 0 Å². The molecule has 0 spiro atoms. The van der Waals surface area contributed by atoms with Crippen molar-refractivity contribution < 1.29 is 9.90 Å². The molecule has 0 fully saturated rings. The van der Waals surface area contributed by atoms with E-state index in [1.54, 1.807) is 12.1 Å². The van der Waals surface area contributed by atoms with E-state index in [1.165, 1.54) is 0 Å². The molecule has 22 heavy (non-hydrogen) atoms. The lowest BCUT2D eigenvalue weighted by atomic mass is 10.1. The first-order valence-electron chi connectivity index (χ1n) is 7.07. The standard InChI is InChI=1S/C17H19ClN2O2/c1-12-7-8-14(18)10-16(12)20-17(22)19-15(11-21)9-13-5-3-2-4-6-13/h2-8,10,15,21H,9,11H2,1H3,(H2,19,20,22). The highest BCUT2D eigenvalue weighted by molar-refractivity contribution is 6.31. The zero-order valence-electron chi connectivity index (χ0n) is 12.3. The molecule has 4 nitrogen and oxygen atoms in total. The number of aliphatic hydroxyl groups excluding tert-OH is 1. The number of rotatable bonds is 5. The molecule has 0 saturated heterocycles. The van der Waals surface area contributed by atoms with Gasteiger partial charge in [0, 0.05) is 10.7 Å². The minimum atomic E-state index is -0.361. The van der Waals surface area contributed by atoms with Crippen LogP contribution in [-0.4, -0.2) is 23.8 Å². The molecule has 1 unspecified atom stereocenters. The Hall–Kier alpha value is -2.04. The number of hydrogen-bond acceptors (Lipinski definition) is 2. The van der Waals surface area contributed by atoms with Crippen LogP contribution < -0.4 is 10.6 Å². The van der Waals surface area contributed by atoms with Crippen LogP contribution in [0.2, 0.25) is 5.02 Å². The molecule has 2 aromatic carbocycles. The fourth-order valence-corrected chi connectivity index (χ4v) is 2.30. The second-order valence-electron chi connectivity index (χ2n) is 5.13. The molecule has 1 atom stereocenters. The second kappa shape index (κ2) is 7.82. The highest BCUT2D eigenvalue weighted by Gasteiger charge is 2.13. The third kappa shape index (κ3) is 4.76. The summed E-state index contributed by atoms with van der Waals surface area (Å²) in [5.74, 6) is 0. The first-order chi connectivity index (χ1) is 10.6. The average Bonchev–Trinajstić information content (AvgIpc) is 2.51. The number of aryl methyl sites for hydroxylation is 1. The van der Waals surface area contributed by atoms with Crippen molar-refractivity contribution in [2.45, 2.75) is 19.4 Å². The minimum absolute atomic E-state index is 0.128. The molecule has 2 aromatic rings. The lowest BCUT2D eigenvalue weighted by Crippen LogP contribution is -2.41. The SMILES string of the molecule is Cc1ccc(Cl)cc1NC(=O)NC(CO)Cc1ccccc1. The van der Waals surface area contributed by atoms with Crippen LogP contribution in [-0.2, 0) is 6.42 Å². The van der Waals surface area contributed by atoms with Crippen LogP contribution in [0.15, 0.2) is 48.5 Å². The van der Waals surface area contributed by atoms with Gasteiger partial charge in [0.15, 0.2) is 0 Å². The molecule has 0 aliphatic carbocycles. The molecule has 116 valence electrons. The van der Waals surface area contributed by atoms with Gasteiger partial charge in [0.2, 0.25) is 0 Å². The van der Waals surface area contributed by atoms with Crippen molar-refractivity contribution in [2.75, 3.05) is 11.9 Å². The van der Waals surface area contributed by atoms with Gasteiger partial charge in [0.25, 0.3) is 0 Å². The van der Waals surface area contributed by atoms with E-state index in [2.05, 4.69) is 10.6 Å². The van der Waals surface area contributed by atoms with Crippen molar-refractivity contribution in [1.82, 2.24) is 5.32 Å². The van der Waals surface area contributed by atoms with Crippen molar-refractivity contribution >= 4 is 23.3 Å². The Bertz CT molecular complexity index is 632. The number of hydrogen-bond donors (Lipinski definition) is 3. The van der Waals surface area contributed by atoms with E-state index in [0.29, 0.717) is 17.1 Å². The molecule has 0 saturated carbocycles. The van der Waals surface area contributed by atoms with Crippen LogP contribution >= 0.6 is 11.6 Å². The third-order valence-corrected chi connectivity index (χ3v) is 3.56. The molecular formula is C17H19ClN2O2. The molecule has 5 heteroatoms. The van der Waals surface area contributed by atoms with Crippen LogP contribution in [0.1, 0.15) is 11.1 Å². The maximum atomic E-state index is 12.1. The molecule has 0 aliphatic rings. The summed E-state index contributed by atoms with van der Waals surface area (Å²) in [7, 11) is 0. The van der Waals surface area contributed by atoms with Crippen molar-refractivity contribution in [3.05, 3.63) is 64.7 Å². The van der Waals surface area contributed by atoms with Gasteiger partial charge in [-0.15, -0.1) is 0 Å². The fourth-order valence-electron chi connectivity index (χ4n) is 2.13. The maximum absolute atomic E-state index is 12.1. The number of benzene rings is 2. The Labute approximate surface area is 135 Å². The number of urea groups is 1.